The van der Waals surface area contributed by atoms with Crippen molar-refractivity contribution in [1.82, 2.24) is 9.97 Å². The highest BCUT2D eigenvalue weighted by Crippen LogP contribution is 2.21. The summed E-state index contributed by atoms with van der Waals surface area (Å²) >= 11 is 0. The largest absolute Gasteiger partial charge is 0.233 e. The van der Waals surface area contributed by atoms with E-state index in [2.05, 4.69) is 9.97 Å². The molecule has 16 heavy (non-hydrogen) atoms. The lowest BCUT2D eigenvalue weighted by Gasteiger charge is -2.02. The van der Waals surface area contributed by atoms with Gasteiger partial charge in [-0.3, -0.25) is 0 Å². The van der Waals surface area contributed by atoms with Gasteiger partial charge in [0, 0.05) is 5.56 Å². The molecule has 78 valence electrons. The van der Waals surface area contributed by atoms with Crippen LogP contribution in [0, 0.1) is 24.1 Å². The van der Waals surface area contributed by atoms with Crippen LogP contribution in [0.3, 0.4) is 0 Å². The normalized spacial score (nSPS) is 9.81. The maximum atomic E-state index is 13.7. The molecule has 4 heteroatoms. The van der Waals surface area contributed by atoms with E-state index in [4.69, 9.17) is 5.26 Å². The highest BCUT2D eigenvalue weighted by Gasteiger charge is 2.11. The number of hydrogen-bond donors (Lipinski definition) is 0. The van der Waals surface area contributed by atoms with Crippen molar-refractivity contribution in [2.45, 2.75) is 6.92 Å². The molecule has 2 aromatic rings. The maximum Gasteiger partial charge on any atom is 0.185 e. The van der Waals surface area contributed by atoms with Gasteiger partial charge in [0.2, 0.25) is 0 Å². The van der Waals surface area contributed by atoms with Crippen LogP contribution in [0.4, 0.5) is 4.39 Å². The lowest BCUT2D eigenvalue weighted by atomic mass is 10.1. The van der Waals surface area contributed by atoms with Crippen molar-refractivity contribution in [3.8, 4) is 17.3 Å². The molecular weight excluding hydrogens is 205 g/mol. The summed E-state index contributed by atoms with van der Waals surface area (Å²) in [6.07, 6.45) is 1.19. The van der Waals surface area contributed by atoms with Gasteiger partial charge in [-0.05, 0) is 6.92 Å². The Kier molecular flexibility index (Phi) is 2.61. The van der Waals surface area contributed by atoms with Crippen molar-refractivity contribution in [2.75, 3.05) is 0 Å². The Balaban J connectivity index is 2.57. The van der Waals surface area contributed by atoms with Crippen LogP contribution in [0.5, 0.6) is 0 Å². The van der Waals surface area contributed by atoms with Crippen LogP contribution in [0.15, 0.2) is 30.6 Å². The summed E-state index contributed by atoms with van der Waals surface area (Å²) < 4.78 is 13.7. The fourth-order valence-electron chi connectivity index (χ4n) is 1.36. The molecule has 0 N–H and O–H groups in total. The number of nitriles is 1. The van der Waals surface area contributed by atoms with Gasteiger partial charge in [-0.2, -0.15) is 5.26 Å². The Bertz CT molecular complexity index is 555. The number of hydrogen-bond acceptors (Lipinski definition) is 3. The number of aromatic nitrogens is 2. The first-order valence-corrected chi connectivity index (χ1v) is 4.70. The highest BCUT2D eigenvalue weighted by atomic mass is 19.1. The molecule has 0 saturated carbocycles. The van der Waals surface area contributed by atoms with Gasteiger partial charge in [0.1, 0.15) is 18.1 Å². The molecule has 0 saturated heterocycles. The smallest absolute Gasteiger partial charge is 0.185 e. The van der Waals surface area contributed by atoms with Gasteiger partial charge in [0.15, 0.2) is 11.5 Å². The zero-order valence-electron chi connectivity index (χ0n) is 8.61. The van der Waals surface area contributed by atoms with Crippen molar-refractivity contribution < 1.29 is 4.39 Å². The summed E-state index contributed by atoms with van der Waals surface area (Å²) in [5, 5.41) is 8.65. The predicted octanol–water partition coefficient (Wildman–Crippen LogP) is 2.46. The zero-order valence-corrected chi connectivity index (χ0v) is 8.61. The van der Waals surface area contributed by atoms with Crippen molar-refractivity contribution in [3.05, 3.63) is 47.7 Å². The monoisotopic (exact) mass is 213 g/mol. The van der Waals surface area contributed by atoms with Gasteiger partial charge in [-0.1, -0.05) is 29.8 Å². The molecule has 0 aliphatic rings. The average Bonchev–Trinajstić information content (AvgIpc) is 2.31. The summed E-state index contributed by atoms with van der Waals surface area (Å²) in [6.45, 7) is 1.95. The summed E-state index contributed by atoms with van der Waals surface area (Å²) in [5.41, 5.74) is 1.65. The molecule has 0 bridgehead atoms. The van der Waals surface area contributed by atoms with Crippen molar-refractivity contribution >= 4 is 0 Å². The molecule has 0 atom stereocenters. The topological polar surface area (TPSA) is 49.6 Å². The van der Waals surface area contributed by atoms with Crippen LogP contribution in [-0.4, -0.2) is 9.97 Å². The summed E-state index contributed by atoms with van der Waals surface area (Å²) in [7, 11) is 0. The molecular formula is C12H8FN3. The molecule has 2 rings (SSSR count). The van der Waals surface area contributed by atoms with E-state index in [0.29, 0.717) is 5.56 Å². The van der Waals surface area contributed by atoms with Crippen molar-refractivity contribution in [1.29, 1.82) is 5.26 Å². The third kappa shape index (κ3) is 1.75. The van der Waals surface area contributed by atoms with Gasteiger partial charge in [-0.25, -0.2) is 14.4 Å². The molecule has 0 amide bonds. The maximum absolute atomic E-state index is 13.7. The third-order valence-corrected chi connectivity index (χ3v) is 2.22. The number of rotatable bonds is 1. The van der Waals surface area contributed by atoms with Crippen LogP contribution in [0.25, 0.3) is 11.3 Å². The minimum absolute atomic E-state index is 0.159. The Hall–Kier alpha value is -2.28. The van der Waals surface area contributed by atoms with Crippen LogP contribution in [0.1, 0.15) is 11.3 Å². The van der Waals surface area contributed by atoms with E-state index in [1.165, 1.54) is 6.33 Å². The third-order valence-electron chi connectivity index (χ3n) is 2.22. The van der Waals surface area contributed by atoms with E-state index in [1.54, 1.807) is 18.2 Å². The van der Waals surface area contributed by atoms with E-state index < -0.39 is 5.82 Å². The Morgan fingerprint density at radius 1 is 1.19 bits per heavy atom. The standard InChI is InChI=1S/C12H8FN3/c1-8-2-4-9(5-3-8)12-11(13)10(6-14)15-7-16-12/h2-5,7H,1H3. The van der Waals surface area contributed by atoms with Gasteiger partial charge >= 0.3 is 0 Å². The molecule has 0 aliphatic carbocycles. The number of halogens is 1. The molecule has 1 aromatic heterocycles. The highest BCUT2D eigenvalue weighted by molar-refractivity contribution is 5.61. The van der Waals surface area contributed by atoms with E-state index in [9.17, 15) is 4.39 Å². The van der Waals surface area contributed by atoms with Gasteiger partial charge in [0.25, 0.3) is 0 Å². The first-order valence-electron chi connectivity index (χ1n) is 4.70. The van der Waals surface area contributed by atoms with E-state index in [0.717, 1.165) is 5.56 Å². The second-order valence-corrected chi connectivity index (χ2v) is 3.36. The van der Waals surface area contributed by atoms with E-state index in [-0.39, 0.29) is 11.4 Å². The first kappa shape index (κ1) is 10.2. The molecule has 0 fully saturated rings. The van der Waals surface area contributed by atoms with Crippen LogP contribution < -0.4 is 0 Å². The van der Waals surface area contributed by atoms with Crippen LogP contribution in [-0.2, 0) is 0 Å². The first-order chi connectivity index (χ1) is 7.72. The minimum Gasteiger partial charge on any atom is -0.233 e. The van der Waals surface area contributed by atoms with E-state index in [1.807, 2.05) is 19.1 Å². The summed E-state index contributed by atoms with van der Waals surface area (Å²) in [5.74, 6) is -0.672. The van der Waals surface area contributed by atoms with Crippen molar-refractivity contribution in [3.63, 3.8) is 0 Å². The van der Waals surface area contributed by atoms with Crippen LogP contribution >= 0.6 is 0 Å². The number of aryl methyl sites for hydroxylation is 1. The molecule has 1 aromatic carbocycles. The number of nitrogens with zero attached hydrogens (tertiary/aromatic N) is 3. The minimum atomic E-state index is -0.672. The average molecular weight is 213 g/mol. The summed E-state index contributed by atoms with van der Waals surface area (Å²) in [6, 6.07) is 8.95. The SMILES string of the molecule is Cc1ccc(-c2ncnc(C#N)c2F)cc1. The molecule has 0 radical (unpaired) electrons. The Labute approximate surface area is 92.2 Å². The molecule has 3 nitrogen and oxygen atoms in total. The molecule has 0 spiro atoms. The van der Waals surface area contributed by atoms with E-state index >= 15 is 0 Å². The lowest BCUT2D eigenvalue weighted by Crippen LogP contribution is -1.96. The Morgan fingerprint density at radius 2 is 1.88 bits per heavy atom. The summed E-state index contributed by atoms with van der Waals surface area (Å²) in [4.78, 5) is 7.40. The van der Waals surface area contributed by atoms with Gasteiger partial charge < -0.3 is 0 Å². The fraction of sp³-hybridized carbons (Fsp3) is 0.0833. The Morgan fingerprint density at radius 3 is 2.50 bits per heavy atom. The van der Waals surface area contributed by atoms with Crippen LogP contribution in [0.2, 0.25) is 0 Å². The molecule has 1 heterocycles. The second-order valence-electron chi connectivity index (χ2n) is 3.36. The fourth-order valence-corrected chi connectivity index (χ4v) is 1.36. The lowest BCUT2D eigenvalue weighted by molar-refractivity contribution is 0.613. The van der Waals surface area contributed by atoms with Gasteiger partial charge in [0.05, 0.1) is 0 Å². The van der Waals surface area contributed by atoms with Crippen molar-refractivity contribution in [2.24, 2.45) is 0 Å². The zero-order chi connectivity index (χ0) is 11.5. The second kappa shape index (κ2) is 4.07. The quantitative estimate of drug-likeness (QED) is 0.731. The predicted molar refractivity (Wildman–Crippen MR) is 56.9 cm³/mol. The van der Waals surface area contributed by atoms with Gasteiger partial charge in [-0.15, -0.1) is 0 Å². The molecule has 0 unspecified atom stereocenters. The molecule has 0 aliphatic heterocycles. The number of benzene rings is 1.